The van der Waals surface area contributed by atoms with Crippen LogP contribution >= 0.6 is 0 Å². The van der Waals surface area contributed by atoms with Crippen molar-refractivity contribution in [3.8, 4) is 17.2 Å². The maximum absolute atomic E-state index is 13.7. The zero-order chi connectivity index (χ0) is 38.3. The second-order valence-electron chi connectivity index (χ2n) is 12.8. The van der Waals surface area contributed by atoms with E-state index >= 15 is 0 Å². The molecule has 7 aromatic rings. The molecule has 13 heteroatoms. The van der Waals surface area contributed by atoms with Crippen molar-refractivity contribution < 1.29 is 31.2 Å². The van der Waals surface area contributed by atoms with Crippen LogP contribution in [0.25, 0.3) is 31.5 Å². The van der Waals surface area contributed by atoms with Crippen LogP contribution in [0.2, 0.25) is 0 Å². The van der Waals surface area contributed by atoms with Gasteiger partial charge in [0.05, 0.1) is 10.6 Å². The molecule has 7 rings (SSSR count). The van der Waals surface area contributed by atoms with Crippen LogP contribution in [0.5, 0.6) is 17.2 Å². The Kier molecular flexibility index (Phi) is 8.99. The molecule has 0 radical (unpaired) electrons. The van der Waals surface area contributed by atoms with Gasteiger partial charge in [-0.3, -0.25) is 0 Å². The van der Waals surface area contributed by atoms with Crippen LogP contribution in [0.15, 0.2) is 149 Å². The van der Waals surface area contributed by atoms with Gasteiger partial charge in [-0.05, 0) is 65.6 Å². The van der Waals surface area contributed by atoms with Crippen molar-refractivity contribution >= 4 is 52.9 Å². The first-order valence-corrected chi connectivity index (χ1v) is 19.6. The normalized spacial score (nSPS) is 12.8. The summed E-state index contributed by atoms with van der Waals surface area (Å²) in [7, 11) is -8.25. The molecule has 54 heavy (non-hydrogen) atoms. The predicted octanol–water partition coefficient (Wildman–Crippen LogP) is 9.47. The van der Waals surface area contributed by atoms with Crippen LogP contribution in [0, 0.1) is 10.8 Å². The van der Waals surface area contributed by atoms with Crippen molar-refractivity contribution in [2.24, 2.45) is 0 Å². The minimum Gasteiger partial charge on any atom is -0.501 e. The van der Waals surface area contributed by atoms with Crippen LogP contribution in [0.4, 0.5) is 11.4 Å². The summed E-state index contributed by atoms with van der Waals surface area (Å²) in [5.74, 6) is -0.941. The van der Waals surface area contributed by atoms with Gasteiger partial charge in [0.1, 0.15) is 10.6 Å². The summed E-state index contributed by atoms with van der Waals surface area (Å²) in [6.07, 6.45) is 0. The third-order valence-corrected chi connectivity index (χ3v) is 12.7. The number of sulfone groups is 1. The molecule has 0 spiro atoms. The Balaban J connectivity index is 1.19. The van der Waals surface area contributed by atoms with E-state index in [1.165, 1.54) is 54.6 Å². The maximum Gasteiger partial charge on any atom is 0.426 e. The zero-order valence-corrected chi connectivity index (χ0v) is 30.2. The molecule has 0 aromatic heterocycles. The number of phenols is 2. The molecular weight excluding hydrogens is 725 g/mol. The van der Waals surface area contributed by atoms with Crippen LogP contribution < -0.4 is 4.18 Å². The first-order valence-electron chi connectivity index (χ1n) is 16.5. The molecule has 0 amide bonds. The van der Waals surface area contributed by atoms with E-state index in [1.54, 1.807) is 42.5 Å². The highest BCUT2D eigenvalue weighted by Crippen LogP contribution is 2.42. The number of aromatic hydroxyl groups is 2. The third-order valence-electron chi connectivity index (χ3n) is 9.64. The fourth-order valence-corrected chi connectivity index (χ4v) is 9.50. The first kappa shape index (κ1) is 35.6. The summed E-state index contributed by atoms with van der Waals surface area (Å²) in [6, 6.07) is 38.0. The number of fused-ring (bicyclic) bond motifs is 2. The van der Waals surface area contributed by atoms with E-state index in [1.807, 2.05) is 49.4 Å². The molecule has 1 unspecified atom stereocenters. The third kappa shape index (κ3) is 6.21. The summed E-state index contributed by atoms with van der Waals surface area (Å²) in [4.78, 5) is 5.94. The molecule has 266 valence electrons. The van der Waals surface area contributed by atoms with Gasteiger partial charge in [0.15, 0.2) is 19.8 Å². The standard InChI is InChI=1S/C41H28N4O7S2/c1-41(27-7-3-2-4-8-27,28-15-13-26(14-16-28)25-53(48,49)37-11-5-9-33-31(37)21-23-35(44-42)39(33)46)29-17-19-30(20-18-29)52-54(50,51)38-12-6-10-34-32(38)22-24-36(45-43)40(34)47/h2-24H,25H2,1H3/p+2. The average molecular weight is 755 g/mol. The molecule has 0 fully saturated rings. The fraction of sp³-hybridized carbons (Fsp3) is 0.0732. The highest BCUT2D eigenvalue weighted by molar-refractivity contribution is 7.91. The summed E-state index contributed by atoms with van der Waals surface area (Å²) >= 11 is 0. The zero-order valence-electron chi connectivity index (χ0n) is 28.5. The van der Waals surface area contributed by atoms with E-state index in [4.69, 9.17) is 9.58 Å². The lowest BCUT2D eigenvalue weighted by atomic mass is 9.71. The van der Waals surface area contributed by atoms with Crippen LogP contribution in [0.3, 0.4) is 0 Å². The van der Waals surface area contributed by atoms with E-state index in [2.05, 4.69) is 9.95 Å². The highest BCUT2D eigenvalue weighted by Gasteiger charge is 2.32. The molecule has 2 N–H and O–H groups in total. The van der Waals surface area contributed by atoms with E-state index in [0.29, 0.717) is 10.9 Å². The van der Waals surface area contributed by atoms with Gasteiger partial charge in [-0.15, -0.1) is 0 Å². The van der Waals surface area contributed by atoms with Gasteiger partial charge in [0, 0.05) is 39.1 Å². The lowest BCUT2D eigenvalue weighted by Gasteiger charge is -2.32. The van der Waals surface area contributed by atoms with Gasteiger partial charge in [-0.2, -0.15) is 8.42 Å². The number of hydrogen-bond acceptors (Lipinski definition) is 9. The van der Waals surface area contributed by atoms with Gasteiger partial charge in [-0.1, -0.05) is 91.0 Å². The molecule has 0 aliphatic rings. The van der Waals surface area contributed by atoms with Crippen LogP contribution in [-0.2, 0) is 31.1 Å². The van der Waals surface area contributed by atoms with Crippen molar-refractivity contribution in [2.45, 2.75) is 27.9 Å². The van der Waals surface area contributed by atoms with E-state index < -0.39 is 25.4 Å². The molecule has 0 saturated heterocycles. The van der Waals surface area contributed by atoms with Crippen LogP contribution in [-0.4, -0.2) is 27.0 Å². The minimum atomic E-state index is -4.37. The highest BCUT2D eigenvalue weighted by atomic mass is 32.2. The Labute approximate surface area is 310 Å². The van der Waals surface area contributed by atoms with Crippen molar-refractivity contribution in [2.75, 3.05) is 0 Å². The number of rotatable bonds is 9. The Bertz CT molecular complexity index is 2730. The topological polar surface area (TPSA) is 174 Å². The van der Waals surface area contributed by atoms with Gasteiger partial charge < -0.3 is 14.4 Å². The van der Waals surface area contributed by atoms with Gasteiger partial charge >= 0.3 is 21.5 Å². The summed E-state index contributed by atoms with van der Waals surface area (Å²) in [6.45, 7) is 2.02. The first-order chi connectivity index (χ1) is 25.9. The fourth-order valence-electron chi connectivity index (χ4n) is 6.77. The Morgan fingerprint density at radius 3 is 1.57 bits per heavy atom. The molecule has 0 heterocycles. The quantitative estimate of drug-likeness (QED) is 0.0826. The van der Waals surface area contributed by atoms with Gasteiger partial charge in [0.2, 0.25) is 22.3 Å². The second kappa shape index (κ2) is 13.6. The minimum absolute atomic E-state index is 0.0349. The Morgan fingerprint density at radius 1 is 0.556 bits per heavy atom. The molecule has 0 aliphatic carbocycles. The molecule has 0 saturated carbocycles. The number of benzene rings is 7. The Hall–Kier alpha value is -6.80. The molecule has 7 aromatic carbocycles. The van der Waals surface area contributed by atoms with Crippen molar-refractivity contribution in [1.82, 2.24) is 0 Å². The molecule has 1 atom stereocenters. The molecule has 0 aliphatic heterocycles. The average Bonchev–Trinajstić information content (AvgIpc) is 3.18. The molecule has 11 nitrogen and oxygen atoms in total. The van der Waals surface area contributed by atoms with E-state index in [0.717, 1.165) is 16.7 Å². The second-order valence-corrected chi connectivity index (χ2v) is 16.3. The summed E-state index contributed by atoms with van der Waals surface area (Å²) < 4.78 is 59.9. The van der Waals surface area contributed by atoms with Crippen molar-refractivity contribution in [3.63, 3.8) is 0 Å². The maximum atomic E-state index is 13.7. The van der Waals surface area contributed by atoms with Crippen LogP contribution in [0.1, 0.15) is 29.2 Å². The lowest BCUT2D eigenvalue weighted by Crippen LogP contribution is -2.25. The van der Waals surface area contributed by atoms with E-state index in [-0.39, 0.29) is 60.3 Å². The largest absolute Gasteiger partial charge is 0.501 e. The Morgan fingerprint density at radius 2 is 1.04 bits per heavy atom. The SMILES string of the molecule is CC(c1ccccc1)(c1ccc(CS(=O)(=O)c2cccc3c(O)c([N+]#N)ccc23)cc1)c1ccc(OS(=O)(=O)c2cccc3c(O)c([N+]#N)ccc23)cc1. The van der Waals surface area contributed by atoms with Crippen molar-refractivity contribution in [3.05, 3.63) is 172 Å². The van der Waals surface area contributed by atoms with Crippen molar-refractivity contribution in [1.29, 1.82) is 10.8 Å². The summed E-state index contributed by atoms with van der Waals surface area (Å²) in [5, 5.41) is 40.2. The number of diazo groups is 2. The van der Waals surface area contributed by atoms with Gasteiger partial charge in [-0.25, -0.2) is 8.42 Å². The number of phenolic OH excluding ortho intramolecular Hbond substituents is 2. The molecular formula is C41H30N4O7S2+2. The number of nitrogens with zero attached hydrogens (tertiary/aromatic N) is 4. The van der Waals surface area contributed by atoms with Gasteiger partial charge in [0.25, 0.3) is 0 Å². The molecule has 0 bridgehead atoms. The van der Waals surface area contributed by atoms with E-state index in [9.17, 15) is 32.4 Å². The monoisotopic (exact) mass is 754 g/mol. The lowest BCUT2D eigenvalue weighted by molar-refractivity contribution is 0.483. The summed E-state index contributed by atoms with van der Waals surface area (Å²) in [5.41, 5.74) is 2.18. The smallest absolute Gasteiger partial charge is 0.426 e. The predicted molar refractivity (Wildman–Crippen MR) is 204 cm³/mol. The number of hydrogen-bond donors (Lipinski definition) is 2.